The van der Waals surface area contributed by atoms with Gasteiger partial charge in [0, 0.05) is 19.7 Å². The van der Waals surface area contributed by atoms with Gasteiger partial charge in [-0.15, -0.1) is 0 Å². The Balaban J connectivity index is 2.31. The molecule has 0 radical (unpaired) electrons. The average Bonchev–Trinajstić information content (AvgIpc) is 3.25. The molecule has 0 aromatic heterocycles. The van der Waals surface area contributed by atoms with Crippen molar-refractivity contribution in [3.8, 4) is 0 Å². The predicted molar refractivity (Wildman–Crippen MR) is 73.7 cm³/mol. The first-order valence-electron chi connectivity index (χ1n) is 6.92. The molecule has 0 spiro atoms. The van der Waals surface area contributed by atoms with Gasteiger partial charge in [0.1, 0.15) is 17.3 Å². The van der Waals surface area contributed by atoms with Gasteiger partial charge in [-0.25, -0.2) is 8.78 Å². The average molecular weight is 285 g/mol. The van der Waals surface area contributed by atoms with E-state index in [1.54, 1.807) is 12.0 Å². The lowest BCUT2D eigenvalue weighted by atomic mass is 10.1. The maximum Gasteiger partial charge on any atom is 0.149 e. The number of anilines is 1. The van der Waals surface area contributed by atoms with E-state index in [4.69, 9.17) is 9.84 Å². The van der Waals surface area contributed by atoms with Crippen molar-refractivity contribution in [2.75, 3.05) is 25.2 Å². The zero-order valence-corrected chi connectivity index (χ0v) is 11.9. The summed E-state index contributed by atoms with van der Waals surface area (Å²) in [5, 5.41) is 9.00. The topological polar surface area (TPSA) is 32.7 Å². The fourth-order valence-corrected chi connectivity index (χ4v) is 2.53. The number of aliphatic hydroxyl groups is 1. The number of methoxy groups -OCH3 is 1. The lowest BCUT2D eigenvalue weighted by molar-refractivity contribution is 0.202. The third kappa shape index (κ3) is 3.27. The van der Waals surface area contributed by atoms with E-state index in [1.165, 1.54) is 12.1 Å². The molecule has 1 aliphatic carbocycles. The number of hydrogen-bond acceptors (Lipinski definition) is 3. The van der Waals surface area contributed by atoms with Crippen molar-refractivity contribution in [1.82, 2.24) is 0 Å². The molecule has 0 bridgehead atoms. The minimum absolute atomic E-state index is 0.0151. The fourth-order valence-electron chi connectivity index (χ4n) is 2.53. The number of halogens is 2. The molecule has 5 heteroatoms. The molecule has 0 aliphatic heterocycles. The van der Waals surface area contributed by atoms with Gasteiger partial charge >= 0.3 is 0 Å². The van der Waals surface area contributed by atoms with Gasteiger partial charge in [-0.2, -0.15) is 0 Å². The molecule has 1 aliphatic rings. The van der Waals surface area contributed by atoms with Gasteiger partial charge in [0.05, 0.1) is 13.2 Å². The summed E-state index contributed by atoms with van der Waals surface area (Å²) in [4.78, 5) is 1.74. The van der Waals surface area contributed by atoms with Crippen LogP contribution in [-0.2, 0) is 11.3 Å². The lowest BCUT2D eigenvalue weighted by Gasteiger charge is -2.32. The van der Waals surface area contributed by atoms with E-state index < -0.39 is 11.6 Å². The molecule has 20 heavy (non-hydrogen) atoms. The summed E-state index contributed by atoms with van der Waals surface area (Å²) < 4.78 is 33.4. The van der Waals surface area contributed by atoms with Crippen LogP contribution in [-0.4, -0.2) is 31.4 Å². The highest BCUT2D eigenvalue weighted by atomic mass is 19.1. The van der Waals surface area contributed by atoms with E-state index in [1.807, 2.05) is 6.92 Å². The Bertz CT molecular complexity index is 440. The first kappa shape index (κ1) is 15.2. The smallest absolute Gasteiger partial charge is 0.149 e. The van der Waals surface area contributed by atoms with Crippen molar-refractivity contribution in [3.63, 3.8) is 0 Å². The van der Waals surface area contributed by atoms with E-state index in [-0.39, 0.29) is 23.9 Å². The second kappa shape index (κ2) is 6.50. The van der Waals surface area contributed by atoms with Crippen molar-refractivity contribution < 1.29 is 18.6 Å². The zero-order chi connectivity index (χ0) is 14.7. The van der Waals surface area contributed by atoms with Gasteiger partial charge in [0.15, 0.2) is 0 Å². The number of aliphatic hydroxyl groups excluding tert-OH is 1. The Labute approximate surface area is 118 Å². The fraction of sp³-hybridized carbons (Fsp3) is 0.600. The Kier molecular flexibility index (Phi) is 4.94. The van der Waals surface area contributed by atoms with E-state index in [0.29, 0.717) is 19.1 Å². The Morgan fingerprint density at radius 1 is 1.35 bits per heavy atom. The molecule has 2 rings (SSSR count). The highest BCUT2D eigenvalue weighted by molar-refractivity contribution is 5.52. The van der Waals surface area contributed by atoms with Crippen LogP contribution >= 0.6 is 0 Å². The van der Waals surface area contributed by atoms with Crippen LogP contribution in [0.2, 0.25) is 0 Å². The molecule has 1 unspecified atom stereocenters. The summed E-state index contributed by atoms with van der Waals surface area (Å²) in [6.45, 7) is 2.48. The van der Waals surface area contributed by atoms with Crippen LogP contribution in [0.4, 0.5) is 14.5 Å². The van der Waals surface area contributed by atoms with Crippen LogP contribution in [0, 0.1) is 17.6 Å². The van der Waals surface area contributed by atoms with Crippen LogP contribution in [0.25, 0.3) is 0 Å². The van der Waals surface area contributed by atoms with Crippen LogP contribution in [0.15, 0.2) is 12.1 Å². The summed E-state index contributed by atoms with van der Waals surface area (Å²) in [5.74, 6) is -0.765. The summed E-state index contributed by atoms with van der Waals surface area (Å²) in [5.41, 5.74) is 0.230. The number of benzene rings is 1. The molecule has 0 saturated heterocycles. The van der Waals surface area contributed by atoms with Gasteiger partial charge in [0.25, 0.3) is 0 Å². The van der Waals surface area contributed by atoms with Crippen molar-refractivity contribution in [3.05, 3.63) is 29.3 Å². The van der Waals surface area contributed by atoms with Gasteiger partial charge in [0.2, 0.25) is 0 Å². The van der Waals surface area contributed by atoms with Crippen LogP contribution in [0.5, 0.6) is 0 Å². The summed E-state index contributed by atoms with van der Waals surface area (Å²) in [7, 11) is 1.57. The summed E-state index contributed by atoms with van der Waals surface area (Å²) >= 11 is 0. The monoisotopic (exact) mass is 285 g/mol. The van der Waals surface area contributed by atoms with Gasteiger partial charge < -0.3 is 14.7 Å². The van der Waals surface area contributed by atoms with Crippen molar-refractivity contribution in [2.24, 2.45) is 5.92 Å². The van der Waals surface area contributed by atoms with E-state index in [0.717, 1.165) is 12.8 Å². The maximum absolute atomic E-state index is 14.2. The van der Waals surface area contributed by atoms with Crippen molar-refractivity contribution in [1.29, 1.82) is 0 Å². The summed E-state index contributed by atoms with van der Waals surface area (Å²) in [6, 6.07) is 2.46. The van der Waals surface area contributed by atoms with Gasteiger partial charge in [-0.1, -0.05) is 0 Å². The number of hydrogen-bond donors (Lipinski definition) is 1. The molecule has 1 N–H and O–H groups in total. The molecular weight excluding hydrogens is 264 g/mol. The standard InChI is InChI=1S/C15H21F2NO2/c1-10(12-3-4-12)18(5-6-20-2)15-13(16)7-11(9-19)8-14(15)17/h7-8,10,12,19H,3-6,9H2,1-2H3. The maximum atomic E-state index is 14.2. The molecule has 0 amide bonds. The quantitative estimate of drug-likeness (QED) is 0.836. The zero-order valence-electron chi connectivity index (χ0n) is 11.9. The largest absolute Gasteiger partial charge is 0.392 e. The molecular formula is C15H21F2NO2. The predicted octanol–water partition coefficient (Wildman–Crippen LogP) is 2.71. The van der Waals surface area contributed by atoms with Crippen LogP contribution < -0.4 is 4.90 Å². The van der Waals surface area contributed by atoms with E-state index in [9.17, 15) is 8.78 Å². The molecule has 112 valence electrons. The second-order valence-corrected chi connectivity index (χ2v) is 5.33. The van der Waals surface area contributed by atoms with E-state index in [2.05, 4.69) is 0 Å². The number of nitrogens with zero attached hydrogens (tertiary/aromatic N) is 1. The molecule has 1 aromatic carbocycles. The van der Waals surface area contributed by atoms with Crippen LogP contribution in [0.3, 0.4) is 0 Å². The lowest BCUT2D eigenvalue weighted by Crippen LogP contribution is -2.38. The molecule has 1 saturated carbocycles. The third-order valence-corrected chi connectivity index (χ3v) is 3.88. The molecule has 1 aromatic rings. The molecule has 0 heterocycles. The highest BCUT2D eigenvalue weighted by Gasteiger charge is 2.34. The minimum Gasteiger partial charge on any atom is -0.392 e. The number of ether oxygens (including phenoxy) is 1. The molecule has 3 nitrogen and oxygen atoms in total. The second-order valence-electron chi connectivity index (χ2n) is 5.33. The normalized spacial score (nSPS) is 16.2. The SMILES string of the molecule is COCCN(c1c(F)cc(CO)cc1F)C(C)C1CC1. The molecule has 1 atom stereocenters. The Morgan fingerprint density at radius 3 is 2.40 bits per heavy atom. The van der Waals surface area contributed by atoms with Crippen LogP contribution in [0.1, 0.15) is 25.3 Å². The molecule has 1 fully saturated rings. The van der Waals surface area contributed by atoms with Gasteiger partial charge in [-0.3, -0.25) is 0 Å². The Hall–Kier alpha value is -1.20. The number of rotatable bonds is 7. The van der Waals surface area contributed by atoms with E-state index >= 15 is 0 Å². The minimum atomic E-state index is -0.627. The first-order chi connectivity index (χ1) is 9.58. The van der Waals surface area contributed by atoms with Crippen molar-refractivity contribution in [2.45, 2.75) is 32.4 Å². The summed E-state index contributed by atoms with van der Waals surface area (Å²) in [6.07, 6.45) is 2.20. The first-order valence-corrected chi connectivity index (χ1v) is 6.92. The van der Waals surface area contributed by atoms with Gasteiger partial charge in [-0.05, 0) is 43.4 Å². The van der Waals surface area contributed by atoms with Crippen molar-refractivity contribution >= 4 is 5.69 Å². The highest BCUT2D eigenvalue weighted by Crippen LogP contribution is 2.38. The third-order valence-electron chi connectivity index (χ3n) is 3.88. The Morgan fingerprint density at radius 2 is 1.95 bits per heavy atom.